The zero-order valence-electron chi connectivity index (χ0n) is 16.8. The number of hydrogen-bond acceptors (Lipinski definition) is 3. The molecule has 0 atom stereocenters. The Hall–Kier alpha value is -2.65. The molecule has 1 N–H and O–H groups in total. The number of rotatable bonds is 7. The van der Waals surface area contributed by atoms with E-state index in [2.05, 4.69) is 68.6 Å². The molecule has 0 bridgehead atoms. The summed E-state index contributed by atoms with van der Waals surface area (Å²) in [5, 5.41) is 4.02. The molecule has 0 radical (unpaired) electrons. The van der Waals surface area contributed by atoms with Crippen LogP contribution in [0.3, 0.4) is 0 Å². The van der Waals surface area contributed by atoms with Crippen molar-refractivity contribution in [2.45, 2.75) is 33.9 Å². The Morgan fingerprint density at radius 2 is 1.57 bits per heavy atom. The van der Waals surface area contributed by atoms with Crippen molar-refractivity contribution in [3.05, 3.63) is 87.4 Å². The Labute approximate surface area is 172 Å². The van der Waals surface area contributed by atoms with Crippen LogP contribution in [0.25, 0.3) is 0 Å². The van der Waals surface area contributed by atoms with E-state index < -0.39 is 0 Å². The van der Waals surface area contributed by atoms with Crippen LogP contribution in [0.5, 0.6) is 11.5 Å². The van der Waals surface area contributed by atoms with Gasteiger partial charge in [0.25, 0.3) is 0 Å². The van der Waals surface area contributed by atoms with Gasteiger partial charge in [-0.25, -0.2) is 0 Å². The normalized spacial score (nSPS) is 10.6. The average molecular weight is 396 g/mol. The first-order chi connectivity index (χ1) is 13.5. The van der Waals surface area contributed by atoms with Crippen molar-refractivity contribution in [1.82, 2.24) is 0 Å². The molecule has 0 aliphatic carbocycles. The second-order valence-electron chi connectivity index (χ2n) is 7.06. The van der Waals surface area contributed by atoms with Gasteiger partial charge < -0.3 is 14.8 Å². The predicted molar refractivity (Wildman–Crippen MR) is 117 cm³/mol. The van der Waals surface area contributed by atoms with Gasteiger partial charge in [-0.2, -0.15) is 0 Å². The summed E-state index contributed by atoms with van der Waals surface area (Å²) in [6.07, 6.45) is 0. The lowest BCUT2D eigenvalue weighted by Crippen LogP contribution is -2.03. The first-order valence-corrected chi connectivity index (χ1v) is 9.70. The molecule has 4 heteroatoms. The number of benzene rings is 3. The molecule has 0 unspecified atom stereocenters. The van der Waals surface area contributed by atoms with Gasteiger partial charge in [-0.3, -0.25) is 0 Å². The third kappa shape index (κ3) is 4.99. The molecular formula is C24H26ClNO2. The fourth-order valence-electron chi connectivity index (χ4n) is 2.98. The molecule has 0 aliphatic rings. The third-order valence-corrected chi connectivity index (χ3v) is 4.95. The van der Waals surface area contributed by atoms with Crippen LogP contribution in [0.4, 0.5) is 5.69 Å². The molecule has 3 rings (SSSR count). The molecule has 3 aromatic rings. The highest BCUT2D eigenvalue weighted by Gasteiger charge is 2.13. The monoisotopic (exact) mass is 395 g/mol. The lowest BCUT2D eigenvalue weighted by molar-refractivity contribution is 0.284. The summed E-state index contributed by atoms with van der Waals surface area (Å²) in [6.45, 7) is 7.34. The first-order valence-electron chi connectivity index (χ1n) is 9.32. The minimum atomic E-state index is 0.441. The largest absolute Gasteiger partial charge is 0.493 e. The molecule has 28 heavy (non-hydrogen) atoms. The van der Waals surface area contributed by atoms with Crippen molar-refractivity contribution < 1.29 is 9.47 Å². The number of anilines is 1. The number of halogens is 1. The van der Waals surface area contributed by atoms with Gasteiger partial charge in [0, 0.05) is 12.2 Å². The maximum atomic E-state index is 6.51. The molecule has 0 saturated carbocycles. The van der Waals surface area contributed by atoms with E-state index in [1.54, 1.807) is 7.11 Å². The number of ether oxygens (including phenoxy) is 2. The Bertz CT molecular complexity index is 952. The van der Waals surface area contributed by atoms with Crippen LogP contribution in [0, 0.1) is 20.8 Å². The van der Waals surface area contributed by atoms with E-state index in [1.807, 2.05) is 12.1 Å². The highest BCUT2D eigenvalue weighted by atomic mass is 35.5. The van der Waals surface area contributed by atoms with Crippen molar-refractivity contribution in [3.63, 3.8) is 0 Å². The Morgan fingerprint density at radius 3 is 2.29 bits per heavy atom. The van der Waals surface area contributed by atoms with Gasteiger partial charge in [-0.15, -0.1) is 0 Å². The van der Waals surface area contributed by atoms with E-state index in [1.165, 1.54) is 16.7 Å². The van der Waals surface area contributed by atoms with Crippen LogP contribution in [0.2, 0.25) is 5.02 Å². The molecule has 0 fully saturated rings. The Kier molecular flexibility index (Phi) is 6.48. The molecule has 0 amide bonds. The van der Waals surface area contributed by atoms with Crippen molar-refractivity contribution in [1.29, 1.82) is 0 Å². The van der Waals surface area contributed by atoms with E-state index in [0.717, 1.165) is 16.8 Å². The fourth-order valence-corrected chi connectivity index (χ4v) is 3.27. The molecule has 0 aromatic heterocycles. The average Bonchev–Trinajstić information content (AvgIpc) is 2.68. The van der Waals surface area contributed by atoms with Gasteiger partial charge in [-0.05, 0) is 61.2 Å². The summed E-state index contributed by atoms with van der Waals surface area (Å²) in [7, 11) is 1.63. The van der Waals surface area contributed by atoms with Crippen molar-refractivity contribution in [2.75, 3.05) is 12.4 Å². The zero-order valence-corrected chi connectivity index (χ0v) is 17.6. The van der Waals surface area contributed by atoms with Crippen molar-refractivity contribution in [2.24, 2.45) is 0 Å². The molecule has 0 saturated heterocycles. The maximum Gasteiger partial charge on any atom is 0.180 e. The van der Waals surface area contributed by atoms with Gasteiger partial charge in [0.1, 0.15) is 6.61 Å². The van der Waals surface area contributed by atoms with Gasteiger partial charge >= 0.3 is 0 Å². The summed E-state index contributed by atoms with van der Waals surface area (Å²) in [6, 6.07) is 18.5. The van der Waals surface area contributed by atoms with Crippen LogP contribution < -0.4 is 14.8 Å². The smallest absolute Gasteiger partial charge is 0.180 e. The summed E-state index contributed by atoms with van der Waals surface area (Å²) >= 11 is 6.51. The van der Waals surface area contributed by atoms with E-state index in [9.17, 15) is 0 Å². The van der Waals surface area contributed by atoms with E-state index in [-0.39, 0.29) is 0 Å². The first kappa shape index (κ1) is 20.1. The third-order valence-electron chi connectivity index (χ3n) is 4.67. The lowest BCUT2D eigenvalue weighted by atomic mass is 10.1. The molecule has 3 nitrogen and oxygen atoms in total. The minimum Gasteiger partial charge on any atom is -0.493 e. The standard InChI is InChI=1S/C24H26ClNO2/c1-16-6-9-19(10-7-16)15-28-24-21(25)12-20(13-23(24)27-4)14-26-22-11-17(2)5-8-18(22)3/h5-13,26H,14-15H2,1-4H3. The minimum absolute atomic E-state index is 0.441. The van der Waals surface area contributed by atoms with Gasteiger partial charge in [0.05, 0.1) is 12.1 Å². The predicted octanol–water partition coefficient (Wildman–Crippen LogP) is 6.46. The molecule has 0 aliphatic heterocycles. The molecule has 146 valence electrons. The highest BCUT2D eigenvalue weighted by molar-refractivity contribution is 6.32. The van der Waals surface area contributed by atoms with Gasteiger partial charge in [-0.1, -0.05) is 53.6 Å². The second-order valence-corrected chi connectivity index (χ2v) is 7.46. The zero-order chi connectivity index (χ0) is 20.1. The quantitative estimate of drug-likeness (QED) is 0.497. The summed E-state index contributed by atoms with van der Waals surface area (Å²) in [4.78, 5) is 0. The van der Waals surface area contributed by atoms with E-state index >= 15 is 0 Å². The van der Waals surface area contributed by atoms with E-state index in [4.69, 9.17) is 21.1 Å². The van der Waals surface area contributed by atoms with Gasteiger partial charge in [0.15, 0.2) is 11.5 Å². The summed E-state index contributed by atoms with van der Waals surface area (Å²) < 4.78 is 11.5. The summed E-state index contributed by atoms with van der Waals surface area (Å²) in [5.41, 5.74) is 6.90. The number of nitrogens with one attached hydrogen (secondary N) is 1. The van der Waals surface area contributed by atoms with Crippen LogP contribution in [-0.4, -0.2) is 7.11 Å². The van der Waals surface area contributed by atoms with Crippen LogP contribution >= 0.6 is 11.6 Å². The fraction of sp³-hybridized carbons (Fsp3) is 0.250. The molecular weight excluding hydrogens is 370 g/mol. The van der Waals surface area contributed by atoms with Crippen LogP contribution in [-0.2, 0) is 13.2 Å². The number of hydrogen-bond donors (Lipinski definition) is 1. The van der Waals surface area contributed by atoms with Gasteiger partial charge in [0.2, 0.25) is 0 Å². The highest BCUT2D eigenvalue weighted by Crippen LogP contribution is 2.37. The number of methoxy groups -OCH3 is 1. The van der Waals surface area contributed by atoms with Crippen LogP contribution in [0.15, 0.2) is 54.6 Å². The topological polar surface area (TPSA) is 30.5 Å². The Morgan fingerprint density at radius 1 is 0.857 bits per heavy atom. The SMILES string of the molecule is COc1cc(CNc2cc(C)ccc2C)cc(Cl)c1OCc1ccc(C)cc1. The van der Waals surface area contributed by atoms with Crippen molar-refractivity contribution >= 4 is 17.3 Å². The molecule has 3 aromatic carbocycles. The van der Waals surface area contributed by atoms with E-state index in [0.29, 0.717) is 29.7 Å². The van der Waals surface area contributed by atoms with Crippen molar-refractivity contribution in [3.8, 4) is 11.5 Å². The molecule has 0 spiro atoms. The Balaban J connectivity index is 1.73. The molecule has 0 heterocycles. The summed E-state index contributed by atoms with van der Waals surface area (Å²) in [5.74, 6) is 1.21. The number of aryl methyl sites for hydroxylation is 3. The maximum absolute atomic E-state index is 6.51. The second kappa shape index (κ2) is 9.03. The van der Waals surface area contributed by atoms with Crippen LogP contribution in [0.1, 0.15) is 27.8 Å². The lowest BCUT2D eigenvalue weighted by Gasteiger charge is -2.16.